The largest absolute Gasteiger partial charge is 0.497 e. The molecule has 3 N–H and O–H groups in total. The molecule has 50 heavy (non-hydrogen) atoms. The summed E-state index contributed by atoms with van der Waals surface area (Å²) in [5, 5.41) is 6.33. The van der Waals surface area contributed by atoms with Crippen LogP contribution in [0.2, 0.25) is 0 Å². The zero-order chi connectivity index (χ0) is 36.8. The topological polar surface area (TPSA) is 182 Å². The Morgan fingerprint density at radius 2 is 1.80 bits per heavy atom. The highest BCUT2D eigenvalue weighted by Crippen LogP contribution is 2.45. The smallest absolute Gasteiger partial charge is 0.408 e. The number of pyridine rings is 1. The summed E-state index contributed by atoms with van der Waals surface area (Å²) in [5.41, 5.74) is -3.19. The number of aromatic nitrogens is 1. The van der Waals surface area contributed by atoms with Gasteiger partial charge in [0.25, 0.3) is 5.91 Å². The number of carbonyl (C=O) groups is 4. The molecule has 1 aliphatic heterocycles. The fourth-order valence-electron chi connectivity index (χ4n) is 6.14. The minimum absolute atomic E-state index is 0.0198. The molecule has 1 aromatic heterocycles. The van der Waals surface area contributed by atoms with Gasteiger partial charge in [-0.15, -0.1) is 6.58 Å². The maximum Gasteiger partial charge on any atom is 0.408 e. The van der Waals surface area contributed by atoms with E-state index < -0.39 is 79.7 Å². The predicted octanol–water partition coefficient (Wildman–Crippen LogP) is 3.20. The summed E-state index contributed by atoms with van der Waals surface area (Å²) in [6, 6.07) is 4.95. The lowest BCUT2D eigenvalue weighted by atomic mass is 9.85. The molecule has 3 aliphatic rings. The number of hydrogen-bond donors (Lipinski definition) is 3. The molecule has 0 spiro atoms. The third kappa shape index (κ3) is 7.98. The van der Waals surface area contributed by atoms with Gasteiger partial charge < -0.3 is 29.7 Å². The Morgan fingerprint density at radius 3 is 2.38 bits per heavy atom. The van der Waals surface area contributed by atoms with Crippen LogP contribution in [0, 0.1) is 11.3 Å². The lowest BCUT2D eigenvalue weighted by Crippen LogP contribution is -2.60. The van der Waals surface area contributed by atoms with Crippen LogP contribution in [0.5, 0.6) is 11.6 Å². The van der Waals surface area contributed by atoms with E-state index in [2.05, 4.69) is 26.9 Å². The van der Waals surface area contributed by atoms with E-state index in [1.165, 1.54) is 11.0 Å². The summed E-state index contributed by atoms with van der Waals surface area (Å²) < 4.78 is 44.6. The average molecular weight is 714 g/mol. The maximum absolute atomic E-state index is 14.4. The lowest BCUT2D eigenvalue weighted by molar-refractivity contribution is -0.143. The average Bonchev–Trinajstić information content (AvgIpc) is 3.95. The van der Waals surface area contributed by atoms with Gasteiger partial charge in [0.1, 0.15) is 35.1 Å². The van der Waals surface area contributed by atoms with Crippen LogP contribution in [-0.2, 0) is 29.1 Å². The molecule has 0 radical (unpaired) electrons. The molecule has 1 aromatic carbocycles. The van der Waals surface area contributed by atoms with Crippen molar-refractivity contribution in [3.05, 3.63) is 43.1 Å². The van der Waals surface area contributed by atoms with Crippen LogP contribution in [0.1, 0.15) is 67.2 Å². The number of methoxy groups -OCH3 is 1. The molecule has 3 fully saturated rings. The minimum Gasteiger partial charge on any atom is -0.497 e. The highest BCUT2D eigenvalue weighted by Gasteiger charge is 2.62. The summed E-state index contributed by atoms with van der Waals surface area (Å²) >= 11 is 0. The van der Waals surface area contributed by atoms with Gasteiger partial charge in [-0.2, -0.15) is 0 Å². The first-order chi connectivity index (χ1) is 23.3. The standard InChI is InChI=1S/C35H47N5O9S/c1-9-21-18-35(21,31(43)39-50(45,46)24-11-12-24)38-28(41)26-17-23(48-29-25-13-10-22(47-8)16-20(25)14-15-36-29)19-40(26)30(42)27(33(2,3)4)37-32(44)49-34(5,6)7/h9-10,13-16,21,23-24,26-27H,1,11-12,17-19H2,2-8H3,(H,37,44)(H,38,41)(H,39,43)/t21-,23?,26+,27-,35?/m1/s1. The Morgan fingerprint density at radius 1 is 1.10 bits per heavy atom. The summed E-state index contributed by atoms with van der Waals surface area (Å²) in [7, 11) is -2.33. The van der Waals surface area contributed by atoms with Gasteiger partial charge in [-0.25, -0.2) is 18.2 Å². The molecule has 1 saturated heterocycles. The van der Waals surface area contributed by atoms with Gasteiger partial charge in [0, 0.05) is 23.9 Å². The van der Waals surface area contributed by atoms with E-state index in [9.17, 15) is 27.6 Å². The molecule has 2 aliphatic carbocycles. The lowest BCUT2D eigenvalue weighted by Gasteiger charge is -2.36. The number of likely N-dealkylation sites (tertiary alicyclic amines) is 1. The maximum atomic E-state index is 14.4. The summed E-state index contributed by atoms with van der Waals surface area (Å²) in [6.45, 7) is 14.2. The fourth-order valence-corrected chi connectivity index (χ4v) is 7.50. The Balaban J connectivity index is 1.44. The number of nitrogens with zero attached hydrogens (tertiary/aromatic N) is 2. The third-order valence-electron chi connectivity index (χ3n) is 9.08. The van der Waals surface area contributed by atoms with E-state index in [0.29, 0.717) is 24.0 Å². The molecular weight excluding hydrogens is 666 g/mol. The van der Waals surface area contributed by atoms with Crippen molar-refractivity contribution in [2.75, 3.05) is 13.7 Å². The van der Waals surface area contributed by atoms with Crippen molar-refractivity contribution in [3.63, 3.8) is 0 Å². The number of carbonyl (C=O) groups excluding carboxylic acids is 4. The zero-order valence-electron chi connectivity index (χ0n) is 29.6. The van der Waals surface area contributed by atoms with Crippen molar-refractivity contribution in [2.24, 2.45) is 11.3 Å². The first-order valence-corrected chi connectivity index (χ1v) is 18.2. The summed E-state index contributed by atoms with van der Waals surface area (Å²) in [4.78, 5) is 60.7. The fraction of sp³-hybridized carbons (Fsp3) is 0.571. The molecular formula is C35H47N5O9S. The van der Waals surface area contributed by atoms with Crippen LogP contribution in [0.15, 0.2) is 43.1 Å². The van der Waals surface area contributed by atoms with Gasteiger partial charge in [-0.3, -0.25) is 19.1 Å². The van der Waals surface area contributed by atoms with Crippen molar-refractivity contribution in [2.45, 2.75) is 102 Å². The second-order valence-corrected chi connectivity index (χ2v) is 17.3. The van der Waals surface area contributed by atoms with Gasteiger partial charge in [0.2, 0.25) is 27.7 Å². The van der Waals surface area contributed by atoms with Gasteiger partial charge >= 0.3 is 6.09 Å². The molecule has 5 atom stereocenters. The quantitative estimate of drug-likeness (QED) is 0.293. The summed E-state index contributed by atoms with van der Waals surface area (Å²) in [5.74, 6) is -1.66. The number of hydrogen-bond acceptors (Lipinski definition) is 10. The third-order valence-corrected chi connectivity index (χ3v) is 10.9. The Bertz CT molecular complexity index is 1800. The number of alkyl carbamates (subject to hydrolysis) is 1. The highest BCUT2D eigenvalue weighted by atomic mass is 32.2. The Labute approximate surface area is 292 Å². The highest BCUT2D eigenvalue weighted by molar-refractivity contribution is 7.91. The summed E-state index contributed by atoms with van der Waals surface area (Å²) in [6.07, 6.45) is 2.64. The van der Waals surface area contributed by atoms with Crippen molar-refractivity contribution in [1.82, 2.24) is 25.2 Å². The molecule has 2 heterocycles. The Hall–Kier alpha value is -4.40. The van der Waals surface area contributed by atoms with Gasteiger partial charge in [-0.05, 0) is 75.1 Å². The van der Waals surface area contributed by atoms with Crippen molar-refractivity contribution in [1.29, 1.82) is 0 Å². The van der Waals surface area contributed by atoms with Crippen molar-refractivity contribution < 1.29 is 41.8 Å². The van der Waals surface area contributed by atoms with E-state index in [-0.39, 0.29) is 25.3 Å². The van der Waals surface area contributed by atoms with E-state index in [1.807, 2.05) is 6.07 Å². The monoisotopic (exact) mass is 713 g/mol. The van der Waals surface area contributed by atoms with E-state index >= 15 is 0 Å². The van der Waals surface area contributed by atoms with Crippen LogP contribution in [0.25, 0.3) is 10.8 Å². The molecule has 272 valence electrons. The van der Waals surface area contributed by atoms with Crippen LogP contribution >= 0.6 is 0 Å². The molecule has 0 bridgehead atoms. The minimum atomic E-state index is -3.89. The van der Waals surface area contributed by atoms with Crippen molar-refractivity contribution >= 4 is 44.6 Å². The number of amides is 4. The SMILES string of the molecule is C=C[C@@H]1CC1(NC(=O)[C@@H]1CC(Oc2nccc3cc(OC)ccc23)CN1C(=O)[C@@H](NC(=O)OC(C)(C)C)C(C)(C)C)C(=O)NS(=O)(=O)C1CC1. The predicted molar refractivity (Wildman–Crippen MR) is 185 cm³/mol. The first-order valence-electron chi connectivity index (χ1n) is 16.7. The number of nitrogens with one attached hydrogen (secondary N) is 3. The normalized spacial score (nSPS) is 24.1. The van der Waals surface area contributed by atoms with Crippen LogP contribution < -0.4 is 24.8 Å². The van der Waals surface area contributed by atoms with E-state index in [4.69, 9.17) is 14.2 Å². The Kier molecular flexibility index (Phi) is 9.87. The number of sulfonamides is 1. The van der Waals surface area contributed by atoms with Gasteiger partial charge in [-0.1, -0.05) is 26.8 Å². The molecule has 2 unspecified atom stereocenters. The number of rotatable bonds is 11. The number of benzene rings is 1. The second-order valence-electron chi connectivity index (χ2n) is 15.3. The molecule has 2 aromatic rings. The molecule has 4 amide bonds. The van der Waals surface area contributed by atoms with Gasteiger partial charge in [0.05, 0.1) is 18.9 Å². The van der Waals surface area contributed by atoms with Crippen LogP contribution in [0.4, 0.5) is 4.79 Å². The molecule has 14 nitrogen and oxygen atoms in total. The molecule has 15 heteroatoms. The zero-order valence-corrected chi connectivity index (χ0v) is 30.4. The molecule has 5 rings (SSSR count). The van der Waals surface area contributed by atoms with E-state index in [0.717, 1.165) is 5.39 Å². The van der Waals surface area contributed by atoms with Crippen molar-refractivity contribution in [3.8, 4) is 11.6 Å². The van der Waals surface area contributed by atoms with Crippen LogP contribution in [0.3, 0.4) is 0 Å². The number of ether oxygens (including phenoxy) is 3. The first kappa shape index (κ1) is 36.9. The number of fused-ring (bicyclic) bond motifs is 1. The van der Waals surface area contributed by atoms with E-state index in [1.54, 1.807) is 73.0 Å². The molecule has 2 saturated carbocycles. The van der Waals surface area contributed by atoms with Crippen LogP contribution in [-0.4, -0.2) is 90.3 Å². The van der Waals surface area contributed by atoms with Gasteiger partial charge in [0.15, 0.2) is 0 Å². The second kappa shape index (κ2) is 13.4.